The van der Waals surface area contributed by atoms with Gasteiger partial charge in [0.05, 0.1) is 15.7 Å². The number of hydrogen-bond acceptors (Lipinski definition) is 3. The molecule has 0 amide bonds. The summed E-state index contributed by atoms with van der Waals surface area (Å²) in [5, 5.41) is 7.29. The first-order chi connectivity index (χ1) is 8.61. The largest absolute Gasteiger partial charge is 0.356 e. The van der Waals surface area contributed by atoms with Crippen molar-refractivity contribution in [1.82, 2.24) is 10.5 Å². The number of halogens is 3. The van der Waals surface area contributed by atoms with Gasteiger partial charge in [-0.05, 0) is 18.7 Å². The maximum absolute atomic E-state index is 13.4. The van der Waals surface area contributed by atoms with Gasteiger partial charge in [-0.1, -0.05) is 35.3 Å². The number of hydrogen-bond donors (Lipinski definition) is 1. The smallest absolute Gasteiger partial charge is 0.168 e. The van der Waals surface area contributed by atoms with Crippen LogP contribution in [0.3, 0.4) is 0 Å². The average Bonchev–Trinajstić information content (AvgIpc) is 2.79. The molecule has 0 atom stereocenters. The Morgan fingerprint density at radius 2 is 2.06 bits per heavy atom. The summed E-state index contributed by atoms with van der Waals surface area (Å²) in [6, 6.07) is 4.31. The summed E-state index contributed by atoms with van der Waals surface area (Å²) in [6.07, 6.45) is 0. The maximum Gasteiger partial charge on any atom is 0.168 e. The van der Waals surface area contributed by atoms with E-state index in [1.54, 1.807) is 6.07 Å². The molecule has 1 aromatic carbocycles. The lowest BCUT2D eigenvalue weighted by atomic mass is 10.1. The van der Waals surface area contributed by atoms with Crippen LogP contribution >= 0.6 is 23.2 Å². The van der Waals surface area contributed by atoms with E-state index in [0.29, 0.717) is 22.9 Å². The number of nitrogens with one attached hydrogen (secondary N) is 1. The molecule has 1 N–H and O–H groups in total. The summed E-state index contributed by atoms with van der Waals surface area (Å²) in [6.45, 7) is 3.42. The third-order valence-electron chi connectivity index (χ3n) is 2.39. The van der Waals surface area contributed by atoms with Gasteiger partial charge in [0.25, 0.3) is 0 Å². The molecule has 0 aliphatic rings. The van der Waals surface area contributed by atoms with Crippen LogP contribution in [-0.4, -0.2) is 11.7 Å². The van der Waals surface area contributed by atoms with E-state index >= 15 is 0 Å². The van der Waals surface area contributed by atoms with Crippen LogP contribution in [0.4, 0.5) is 4.39 Å². The quantitative estimate of drug-likeness (QED) is 0.867. The first-order valence-electron chi connectivity index (χ1n) is 5.43. The minimum atomic E-state index is -0.541. The highest BCUT2D eigenvalue weighted by Gasteiger charge is 2.13. The SMILES string of the molecule is CCNCc1cc(-c2cc(F)c(Cl)cc2Cl)on1. The summed E-state index contributed by atoms with van der Waals surface area (Å²) in [5.41, 5.74) is 1.17. The van der Waals surface area contributed by atoms with Crippen LogP contribution in [0.2, 0.25) is 10.0 Å². The lowest BCUT2D eigenvalue weighted by Gasteiger charge is -2.01. The number of benzene rings is 1. The predicted molar refractivity (Wildman–Crippen MR) is 69.3 cm³/mol. The van der Waals surface area contributed by atoms with Gasteiger partial charge in [0.1, 0.15) is 5.82 Å². The van der Waals surface area contributed by atoms with Gasteiger partial charge in [0.2, 0.25) is 0 Å². The molecule has 0 saturated heterocycles. The Labute approximate surface area is 114 Å². The summed E-state index contributed by atoms with van der Waals surface area (Å²) < 4.78 is 18.5. The second kappa shape index (κ2) is 5.69. The number of nitrogens with zero attached hydrogens (tertiary/aromatic N) is 1. The van der Waals surface area contributed by atoms with Crippen molar-refractivity contribution in [1.29, 1.82) is 0 Å². The lowest BCUT2D eigenvalue weighted by molar-refractivity contribution is 0.420. The number of rotatable bonds is 4. The molecule has 2 rings (SSSR count). The molecule has 1 heterocycles. The fourth-order valence-corrected chi connectivity index (χ4v) is 1.96. The highest BCUT2D eigenvalue weighted by atomic mass is 35.5. The van der Waals surface area contributed by atoms with E-state index in [1.807, 2.05) is 6.92 Å². The van der Waals surface area contributed by atoms with Crippen molar-refractivity contribution in [2.24, 2.45) is 0 Å². The van der Waals surface area contributed by atoms with Crippen LogP contribution in [0.5, 0.6) is 0 Å². The fraction of sp³-hybridized carbons (Fsp3) is 0.250. The maximum atomic E-state index is 13.4. The molecule has 3 nitrogen and oxygen atoms in total. The third-order valence-corrected chi connectivity index (χ3v) is 2.99. The standard InChI is InChI=1S/C12H11Cl2FN2O/c1-2-16-6-7-3-12(18-17-7)8-4-11(15)10(14)5-9(8)13/h3-5,16H,2,6H2,1H3. The van der Waals surface area contributed by atoms with E-state index in [1.165, 1.54) is 12.1 Å². The van der Waals surface area contributed by atoms with Crippen molar-refractivity contribution in [3.63, 3.8) is 0 Å². The van der Waals surface area contributed by atoms with Crippen LogP contribution in [0, 0.1) is 5.82 Å². The fourth-order valence-electron chi connectivity index (χ4n) is 1.49. The Bertz CT molecular complexity index is 557. The minimum Gasteiger partial charge on any atom is -0.356 e. The first kappa shape index (κ1) is 13.3. The molecule has 0 radical (unpaired) electrons. The van der Waals surface area contributed by atoms with Gasteiger partial charge < -0.3 is 9.84 Å². The molecule has 0 spiro atoms. The third kappa shape index (κ3) is 2.83. The average molecular weight is 289 g/mol. The van der Waals surface area contributed by atoms with E-state index in [-0.39, 0.29) is 5.02 Å². The van der Waals surface area contributed by atoms with E-state index in [9.17, 15) is 4.39 Å². The normalized spacial score (nSPS) is 10.9. The Balaban J connectivity index is 2.31. The van der Waals surface area contributed by atoms with Gasteiger partial charge >= 0.3 is 0 Å². The Hall–Kier alpha value is -1.10. The molecular weight excluding hydrogens is 278 g/mol. The molecule has 2 aromatic rings. The summed E-state index contributed by atoms with van der Waals surface area (Å²) >= 11 is 11.6. The van der Waals surface area contributed by atoms with Gasteiger partial charge in [-0.25, -0.2) is 4.39 Å². The highest BCUT2D eigenvalue weighted by molar-refractivity contribution is 6.36. The lowest BCUT2D eigenvalue weighted by Crippen LogP contribution is -2.11. The van der Waals surface area contributed by atoms with Gasteiger partial charge in [-0.2, -0.15) is 0 Å². The van der Waals surface area contributed by atoms with Crippen molar-refractivity contribution in [3.05, 3.63) is 39.8 Å². The zero-order valence-corrected chi connectivity index (χ0v) is 11.1. The molecule has 0 bridgehead atoms. The van der Waals surface area contributed by atoms with Gasteiger partial charge in [0, 0.05) is 18.2 Å². The van der Waals surface area contributed by atoms with Crippen molar-refractivity contribution in [2.45, 2.75) is 13.5 Å². The molecule has 6 heteroatoms. The zero-order valence-electron chi connectivity index (χ0n) is 9.64. The van der Waals surface area contributed by atoms with Crippen LogP contribution in [0.15, 0.2) is 22.7 Å². The first-order valence-corrected chi connectivity index (χ1v) is 6.18. The second-order valence-electron chi connectivity index (χ2n) is 3.71. The molecule has 0 aliphatic heterocycles. The van der Waals surface area contributed by atoms with Gasteiger partial charge in [-0.3, -0.25) is 0 Å². The van der Waals surface area contributed by atoms with Gasteiger partial charge in [-0.15, -0.1) is 0 Å². The Kier molecular flexibility index (Phi) is 4.22. The zero-order chi connectivity index (χ0) is 13.1. The van der Waals surface area contributed by atoms with Crippen molar-refractivity contribution in [3.8, 4) is 11.3 Å². The van der Waals surface area contributed by atoms with Crippen LogP contribution in [-0.2, 0) is 6.54 Å². The number of aromatic nitrogens is 1. The minimum absolute atomic E-state index is 0.0175. The Morgan fingerprint density at radius 1 is 1.28 bits per heavy atom. The second-order valence-corrected chi connectivity index (χ2v) is 4.52. The van der Waals surface area contributed by atoms with Crippen molar-refractivity contribution < 1.29 is 8.91 Å². The summed E-state index contributed by atoms with van der Waals surface area (Å²) in [4.78, 5) is 0. The van der Waals surface area contributed by atoms with E-state index < -0.39 is 5.82 Å². The molecular formula is C12H11Cl2FN2O. The van der Waals surface area contributed by atoms with Crippen LogP contribution in [0.25, 0.3) is 11.3 Å². The molecule has 0 fully saturated rings. The van der Waals surface area contributed by atoms with E-state index in [2.05, 4.69) is 10.5 Å². The molecule has 1 aromatic heterocycles. The van der Waals surface area contributed by atoms with Crippen molar-refractivity contribution in [2.75, 3.05) is 6.54 Å². The highest BCUT2D eigenvalue weighted by Crippen LogP contribution is 2.32. The van der Waals surface area contributed by atoms with E-state index in [0.717, 1.165) is 12.2 Å². The monoisotopic (exact) mass is 288 g/mol. The van der Waals surface area contributed by atoms with Crippen molar-refractivity contribution >= 4 is 23.2 Å². The molecule has 0 saturated carbocycles. The van der Waals surface area contributed by atoms with Crippen LogP contribution < -0.4 is 5.32 Å². The molecule has 0 unspecified atom stereocenters. The molecule has 96 valence electrons. The summed E-state index contributed by atoms with van der Waals surface area (Å²) in [5.74, 6) is -0.121. The van der Waals surface area contributed by atoms with Gasteiger partial charge in [0.15, 0.2) is 5.76 Å². The van der Waals surface area contributed by atoms with E-state index in [4.69, 9.17) is 27.7 Å². The predicted octanol–water partition coefficient (Wildman–Crippen LogP) is 3.90. The molecule has 0 aliphatic carbocycles. The topological polar surface area (TPSA) is 38.1 Å². The summed E-state index contributed by atoms with van der Waals surface area (Å²) in [7, 11) is 0. The Morgan fingerprint density at radius 3 is 2.78 bits per heavy atom. The van der Waals surface area contributed by atoms with Crippen LogP contribution in [0.1, 0.15) is 12.6 Å². The molecule has 18 heavy (non-hydrogen) atoms.